The van der Waals surface area contributed by atoms with Crippen molar-refractivity contribution in [3.63, 3.8) is 0 Å². The number of carbonyl (C=O) groups excluding carboxylic acids is 1. The van der Waals surface area contributed by atoms with Crippen LogP contribution in [-0.2, 0) is 0 Å². The Morgan fingerprint density at radius 1 is 1.21 bits per heavy atom. The van der Waals surface area contributed by atoms with Crippen LogP contribution in [0.1, 0.15) is 41.4 Å². The average Bonchev–Trinajstić information content (AvgIpc) is 3.25. The fraction of sp³-hybridized carbons (Fsp3) is 0.167. The molecule has 1 N–H and O–H groups in total. The van der Waals surface area contributed by atoms with Gasteiger partial charge < -0.3 is 10.1 Å². The Morgan fingerprint density at radius 2 is 2.03 bits per heavy atom. The van der Waals surface area contributed by atoms with Crippen LogP contribution in [0.4, 0.5) is 16.4 Å². The molecule has 2 aromatic heterocycles. The van der Waals surface area contributed by atoms with Crippen LogP contribution in [0.15, 0.2) is 65.1 Å². The largest absolute Gasteiger partial charge is 0.494 e. The summed E-state index contributed by atoms with van der Waals surface area (Å²) in [4.78, 5) is 17.1. The van der Waals surface area contributed by atoms with E-state index in [0.29, 0.717) is 33.2 Å². The summed E-state index contributed by atoms with van der Waals surface area (Å²) in [5.74, 6) is 0.0142. The molecular formula is C24H20N6O2S. The maximum Gasteiger partial charge on any atom is 0.259 e. The van der Waals surface area contributed by atoms with Gasteiger partial charge in [0, 0.05) is 11.6 Å². The molecule has 0 unspecified atom stereocenters. The lowest BCUT2D eigenvalue weighted by atomic mass is 10.0. The number of ether oxygens (including phenoxy) is 1. The zero-order valence-corrected chi connectivity index (χ0v) is 19.1. The smallest absolute Gasteiger partial charge is 0.259 e. The van der Waals surface area contributed by atoms with Crippen molar-refractivity contribution in [2.24, 2.45) is 10.2 Å². The lowest BCUT2D eigenvalue weighted by Crippen LogP contribution is -2.13. The van der Waals surface area contributed by atoms with Crippen LogP contribution in [0.2, 0.25) is 0 Å². The second-order valence-corrected chi connectivity index (χ2v) is 8.19. The Kier molecular flexibility index (Phi) is 6.38. The maximum absolute atomic E-state index is 13.1. The second-order valence-electron chi connectivity index (χ2n) is 7.44. The predicted molar refractivity (Wildman–Crippen MR) is 128 cm³/mol. The number of nitriles is 1. The zero-order chi connectivity index (χ0) is 23.4. The quantitative estimate of drug-likeness (QED) is 0.339. The Hall–Kier alpha value is -4.16. The van der Waals surface area contributed by atoms with Gasteiger partial charge in [0.1, 0.15) is 17.3 Å². The van der Waals surface area contributed by atoms with E-state index < -0.39 is 0 Å². The fourth-order valence-electron chi connectivity index (χ4n) is 3.38. The normalized spacial score (nSPS) is 11.1. The van der Waals surface area contributed by atoms with E-state index in [9.17, 15) is 10.1 Å². The second kappa shape index (κ2) is 9.54. The lowest BCUT2D eigenvalue weighted by molar-refractivity contribution is 0.102. The van der Waals surface area contributed by atoms with Crippen LogP contribution in [0.5, 0.6) is 5.75 Å². The molecule has 0 bridgehead atoms. The van der Waals surface area contributed by atoms with Crippen LogP contribution in [0.3, 0.4) is 0 Å². The molecule has 0 aliphatic heterocycles. The third-order valence-electron chi connectivity index (χ3n) is 4.94. The molecule has 4 aromatic rings. The number of pyridine rings is 1. The van der Waals surface area contributed by atoms with Gasteiger partial charge in [-0.2, -0.15) is 9.64 Å². The third kappa shape index (κ3) is 4.42. The monoisotopic (exact) mass is 456 g/mol. The fourth-order valence-corrected chi connectivity index (χ4v) is 4.18. The van der Waals surface area contributed by atoms with Gasteiger partial charge in [-0.05, 0) is 41.0 Å². The summed E-state index contributed by atoms with van der Waals surface area (Å²) >= 11 is 1.12. The Labute approximate surface area is 194 Å². The zero-order valence-electron chi connectivity index (χ0n) is 18.2. The van der Waals surface area contributed by atoms with Gasteiger partial charge >= 0.3 is 0 Å². The molecule has 0 aliphatic rings. The summed E-state index contributed by atoms with van der Waals surface area (Å²) in [5, 5.41) is 23.2. The van der Waals surface area contributed by atoms with E-state index in [1.54, 1.807) is 30.6 Å². The number of hydrogen-bond acceptors (Lipinski definition) is 8. The SMILES string of the molecule is COc1c(C(=O)Nc2cccnc2)cc2ccccc2c1N=Nc1snc(C(C)C)c1C#N. The summed E-state index contributed by atoms with van der Waals surface area (Å²) in [6.07, 6.45) is 3.19. The van der Waals surface area contributed by atoms with Crippen LogP contribution in [0.25, 0.3) is 10.8 Å². The number of carbonyl (C=O) groups is 1. The first-order valence-corrected chi connectivity index (χ1v) is 10.9. The predicted octanol–water partition coefficient (Wildman–Crippen LogP) is 6.36. The van der Waals surface area contributed by atoms with Crippen molar-refractivity contribution in [3.8, 4) is 11.8 Å². The minimum atomic E-state index is -0.361. The molecule has 2 heterocycles. The summed E-state index contributed by atoms with van der Waals surface area (Å²) < 4.78 is 9.98. The molecular weight excluding hydrogens is 436 g/mol. The molecule has 0 aliphatic carbocycles. The van der Waals surface area contributed by atoms with E-state index in [4.69, 9.17) is 4.74 Å². The summed E-state index contributed by atoms with van der Waals surface area (Å²) in [6.45, 7) is 3.94. The number of benzene rings is 2. The topological polar surface area (TPSA) is 113 Å². The highest BCUT2D eigenvalue weighted by molar-refractivity contribution is 7.10. The first-order valence-electron chi connectivity index (χ1n) is 10.2. The van der Waals surface area contributed by atoms with Crippen LogP contribution < -0.4 is 10.1 Å². The number of nitrogens with zero attached hydrogens (tertiary/aromatic N) is 5. The molecule has 33 heavy (non-hydrogen) atoms. The molecule has 0 saturated heterocycles. The number of amides is 1. The number of rotatable bonds is 6. The Bertz CT molecular complexity index is 1390. The Balaban J connectivity index is 1.83. The highest BCUT2D eigenvalue weighted by atomic mass is 32.1. The standard InChI is InChI=1S/C24H20N6O2S/c1-14(2)20-19(12-25)24(33-30-20)29-28-21-17-9-5-4-7-15(17)11-18(22(21)32-3)23(31)27-16-8-6-10-26-13-16/h4-11,13-14H,1-3H3,(H,27,31). The summed E-state index contributed by atoms with van der Waals surface area (Å²) in [6, 6.07) is 14.9. The van der Waals surface area contributed by atoms with Crippen LogP contribution in [-0.4, -0.2) is 22.4 Å². The van der Waals surface area contributed by atoms with Gasteiger partial charge in [0.15, 0.2) is 10.8 Å². The number of aromatic nitrogens is 2. The van der Waals surface area contributed by atoms with Crippen LogP contribution >= 0.6 is 11.5 Å². The maximum atomic E-state index is 13.1. The van der Waals surface area contributed by atoms with Gasteiger partial charge in [0.2, 0.25) is 0 Å². The van der Waals surface area contributed by atoms with E-state index in [0.717, 1.165) is 22.3 Å². The molecule has 0 spiro atoms. The van der Waals surface area contributed by atoms with E-state index in [1.165, 1.54) is 7.11 Å². The van der Waals surface area contributed by atoms with Gasteiger partial charge in [-0.25, -0.2) is 0 Å². The molecule has 8 nitrogen and oxygen atoms in total. The molecule has 9 heteroatoms. The number of nitrogens with one attached hydrogen (secondary N) is 1. The van der Waals surface area contributed by atoms with Gasteiger partial charge in [-0.1, -0.05) is 38.1 Å². The summed E-state index contributed by atoms with van der Waals surface area (Å²) in [7, 11) is 1.48. The lowest BCUT2D eigenvalue weighted by Gasteiger charge is -2.13. The number of anilines is 1. The molecule has 0 fully saturated rings. The van der Waals surface area contributed by atoms with E-state index in [1.807, 2.05) is 38.1 Å². The van der Waals surface area contributed by atoms with Crippen molar-refractivity contribution in [1.29, 1.82) is 5.26 Å². The van der Waals surface area contributed by atoms with Crippen molar-refractivity contribution in [2.75, 3.05) is 12.4 Å². The highest BCUT2D eigenvalue weighted by Crippen LogP contribution is 2.41. The van der Waals surface area contributed by atoms with Gasteiger partial charge in [-0.15, -0.1) is 10.2 Å². The minimum absolute atomic E-state index is 0.0923. The van der Waals surface area contributed by atoms with E-state index in [-0.39, 0.29) is 17.6 Å². The van der Waals surface area contributed by atoms with Crippen molar-refractivity contribution in [2.45, 2.75) is 19.8 Å². The van der Waals surface area contributed by atoms with Crippen molar-refractivity contribution in [1.82, 2.24) is 9.36 Å². The van der Waals surface area contributed by atoms with Gasteiger partial charge in [0.25, 0.3) is 5.91 Å². The molecule has 1 amide bonds. The summed E-state index contributed by atoms with van der Waals surface area (Å²) in [5.41, 5.74) is 2.37. The molecule has 164 valence electrons. The third-order valence-corrected chi connectivity index (χ3v) is 5.69. The van der Waals surface area contributed by atoms with Crippen molar-refractivity contribution in [3.05, 3.63) is 71.7 Å². The molecule has 0 radical (unpaired) electrons. The first kappa shape index (κ1) is 22.0. The average molecular weight is 457 g/mol. The Morgan fingerprint density at radius 3 is 2.73 bits per heavy atom. The van der Waals surface area contributed by atoms with Crippen molar-refractivity contribution < 1.29 is 9.53 Å². The van der Waals surface area contributed by atoms with Gasteiger partial charge in [-0.3, -0.25) is 9.78 Å². The molecule has 2 aromatic carbocycles. The first-order chi connectivity index (χ1) is 16.0. The van der Waals surface area contributed by atoms with E-state index in [2.05, 4.69) is 31.0 Å². The number of fused-ring (bicyclic) bond motifs is 1. The minimum Gasteiger partial charge on any atom is -0.494 e. The number of methoxy groups -OCH3 is 1. The molecule has 4 rings (SSSR count). The van der Waals surface area contributed by atoms with E-state index >= 15 is 0 Å². The number of hydrogen-bond donors (Lipinski definition) is 1. The van der Waals surface area contributed by atoms with Gasteiger partial charge in [0.05, 0.1) is 30.3 Å². The highest BCUT2D eigenvalue weighted by Gasteiger charge is 2.21. The van der Waals surface area contributed by atoms with Crippen LogP contribution in [0, 0.1) is 11.3 Å². The molecule has 0 atom stereocenters. The number of azo groups is 1. The van der Waals surface area contributed by atoms with Crippen molar-refractivity contribution >= 4 is 44.6 Å². The molecule has 0 saturated carbocycles.